The number of ether oxygens (including phenoxy) is 1. The summed E-state index contributed by atoms with van der Waals surface area (Å²) in [5.41, 5.74) is 0.617. The van der Waals surface area contributed by atoms with Gasteiger partial charge < -0.3 is 10.1 Å². The minimum absolute atomic E-state index is 0.0379. The lowest BCUT2D eigenvalue weighted by Gasteiger charge is -2.46. The number of nitrogens with one attached hydrogen (secondary N) is 1. The zero-order valence-corrected chi connectivity index (χ0v) is 18.9. The Kier molecular flexibility index (Phi) is 6.08. The summed E-state index contributed by atoms with van der Waals surface area (Å²) in [5, 5.41) is 2.99. The highest BCUT2D eigenvalue weighted by Crippen LogP contribution is 2.46. The first-order chi connectivity index (χ1) is 14.8. The van der Waals surface area contributed by atoms with Gasteiger partial charge in [-0.1, -0.05) is 36.4 Å². The van der Waals surface area contributed by atoms with Crippen LogP contribution in [0.15, 0.2) is 59.5 Å². The van der Waals surface area contributed by atoms with E-state index < -0.39 is 15.6 Å². The molecule has 1 atom stereocenters. The number of amides is 1. The molecule has 1 spiro atoms. The van der Waals surface area contributed by atoms with Crippen LogP contribution in [0.2, 0.25) is 0 Å². The van der Waals surface area contributed by atoms with Gasteiger partial charge in [0.2, 0.25) is 15.9 Å². The van der Waals surface area contributed by atoms with E-state index in [4.69, 9.17) is 4.74 Å². The summed E-state index contributed by atoms with van der Waals surface area (Å²) in [7, 11) is -3.51. The molecule has 4 rings (SSSR count). The van der Waals surface area contributed by atoms with Gasteiger partial charge in [0, 0.05) is 44.3 Å². The van der Waals surface area contributed by atoms with Crippen LogP contribution in [0.1, 0.15) is 51.0 Å². The minimum atomic E-state index is -3.51. The first kappa shape index (κ1) is 21.8. The van der Waals surface area contributed by atoms with Crippen molar-refractivity contribution < 1.29 is 17.9 Å². The van der Waals surface area contributed by atoms with E-state index in [1.165, 1.54) is 0 Å². The van der Waals surface area contributed by atoms with Crippen molar-refractivity contribution in [2.45, 2.75) is 62.0 Å². The lowest BCUT2D eigenvalue weighted by Crippen LogP contribution is -2.52. The van der Waals surface area contributed by atoms with Crippen molar-refractivity contribution in [3.8, 4) is 5.75 Å². The van der Waals surface area contributed by atoms with Gasteiger partial charge in [0.15, 0.2) is 0 Å². The predicted molar refractivity (Wildman–Crippen MR) is 119 cm³/mol. The van der Waals surface area contributed by atoms with E-state index in [0.717, 1.165) is 17.7 Å². The van der Waals surface area contributed by atoms with Crippen molar-refractivity contribution in [3.05, 3.63) is 60.2 Å². The largest absolute Gasteiger partial charge is 0.487 e. The average Bonchev–Trinajstić information content (AvgIpc) is 2.74. The normalized spacial score (nSPS) is 20.8. The summed E-state index contributed by atoms with van der Waals surface area (Å²) in [6.45, 7) is 4.73. The van der Waals surface area contributed by atoms with Crippen molar-refractivity contribution in [2.75, 3.05) is 13.1 Å². The second-order valence-corrected chi connectivity index (χ2v) is 10.8. The molecule has 0 bridgehead atoms. The zero-order chi connectivity index (χ0) is 22.1. The van der Waals surface area contributed by atoms with Gasteiger partial charge in [-0.2, -0.15) is 4.31 Å². The standard InChI is InChI=1S/C24H30N2O4S/c1-18(2)25-23(27)16-19-17-24(30-22-11-7-6-10-21(19)22)12-14-26(15-13-24)31(28,29)20-8-4-3-5-9-20/h3-11,18-19H,12-17H2,1-2H3,(H,25,27)/t19-/m0/s1. The van der Waals surface area contributed by atoms with Crippen LogP contribution in [-0.2, 0) is 14.8 Å². The zero-order valence-electron chi connectivity index (χ0n) is 18.1. The van der Waals surface area contributed by atoms with Crippen LogP contribution < -0.4 is 10.1 Å². The Balaban J connectivity index is 1.52. The molecule has 0 radical (unpaired) electrons. The summed E-state index contributed by atoms with van der Waals surface area (Å²) < 4.78 is 34.0. The number of piperidine rings is 1. The van der Waals surface area contributed by atoms with E-state index in [1.54, 1.807) is 28.6 Å². The van der Waals surface area contributed by atoms with Crippen molar-refractivity contribution in [1.82, 2.24) is 9.62 Å². The van der Waals surface area contributed by atoms with Crippen LogP contribution in [0.3, 0.4) is 0 Å². The Bertz CT molecular complexity index is 1030. The fourth-order valence-corrected chi connectivity index (χ4v) is 6.18. The van der Waals surface area contributed by atoms with Crippen molar-refractivity contribution in [2.24, 2.45) is 0 Å². The van der Waals surface area contributed by atoms with E-state index in [-0.39, 0.29) is 17.9 Å². The molecule has 2 aliphatic rings. The Labute approximate surface area is 184 Å². The van der Waals surface area contributed by atoms with Crippen LogP contribution in [0, 0.1) is 0 Å². The predicted octanol–water partition coefficient (Wildman–Crippen LogP) is 3.69. The molecule has 2 aliphatic heterocycles. The maximum atomic E-state index is 13.0. The highest BCUT2D eigenvalue weighted by Gasteiger charge is 2.45. The number of nitrogens with zero attached hydrogens (tertiary/aromatic N) is 1. The molecule has 31 heavy (non-hydrogen) atoms. The third kappa shape index (κ3) is 4.62. The first-order valence-electron chi connectivity index (χ1n) is 10.9. The van der Waals surface area contributed by atoms with Crippen molar-refractivity contribution in [1.29, 1.82) is 0 Å². The summed E-state index contributed by atoms with van der Waals surface area (Å²) >= 11 is 0. The maximum absolute atomic E-state index is 13.0. The van der Waals surface area contributed by atoms with E-state index in [9.17, 15) is 13.2 Å². The van der Waals surface area contributed by atoms with E-state index in [0.29, 0.717) is 37.2 Å². The molecule has 2 aromatic rings. The fraction of sp³-hybridized carbons (Fsp3) is 0.458. The Hall–Kier alpha value is -2.38. The molecule has 0 aromatic heterocycles. The van der Waals surface area contributed by atoms with Gasteiger partial charge in [0.25, 0.3) is 0 Å². The van der Waals surface area contributed by atoms with Crippen LogP contribution in [0.25, 0.3) is 0 Å². The second kappa shape index (κ2) is 8.63. The first-order valence-corrected chi connectivity index (χ1v) is 12.4. The van der Waals surface area contributed by atoms with Gasteiger partial charge >= 0.3 is 0 Å². The van der Waals surface area contributed by atoms with Crippen LogP contribution in [0.5, 0.6) is 5.75 Å². The molecule has 0 unspecified atom stereocenters. The van der Waals surface area contributed by atoms with Crippen LogP contribution >= 0.6 is 0 Å². The second-order valence-electron chi connectivity index (χ2n) is 8.87. The molecule has 1 amide bonds. The quantitative estimate of drug-likeness (QED) is 0.766. The molecular formula is C24H30N2O4S. The molecule has 0 saturated carbocycles. The van der Waals surface area contributed by atoms with Gasteiger partial charge in [-0.15, -0.1) is 0 Å². The molecule has 1 fully saturated rings. The molecule has 6 nitrogen and oxygen atoms in total. The van der Waals surface area contributed by atoms with E-state index in [2.05, 4.69) is 5.32 Å². The fourth-order valence-electron chi connectivity index (χ4n) is 4.71. The SMILES string of the molecule is CC(C)NC(=O)C[C@H]1CC2(CCN(S(=O)(=O)c3ccccc3)CC2)Oc2ccccc21. The minimum Gasteiger partial charge on any atom is -0.487 e. The van der Waals surface area contributed by atoms with Gasteiger partial charge in [0.1, 0.15) is 11.4 Å². The molecular weight excluding hydrogens is 412 g/mol. The lowest BCUT2D eigenvalue weighted by atomic mass is 9.76. The van der Waals surface area contributed by atoms with Crippen molar-refractivity contribution >= 4 is 15.9 Å². The van der Waals surface area contributed by atoms with Crippen LogP contribution in [-0.4, -0.2) is 43.4 Å². The number of carbonyl (C=O) groups excluding carboxylic acids is 1. The Morgan fingerprint density at radius 2 is 1.74 bits per heavy atom. The summed E-state index contributed by atoms with van der Waals surface area (Å²) in [6, 6.07) is 16.6. The highest BCUT2D eigenvalue weighted by molar-refractivity contribution is 7.89. The third-order valence-electron chi connectivity index (χ3n) is 6.20. The number of carbonyl (C=O) groups is 1. The number of fused-ring (bicyclic) bond motifs is 1. The van der Waals surface area contributed by atoms with E-state index >= 15 is 0 Å². The number of sulfonamides is 1. The van der Waals surface area contributed by atoms with Crippen molar-refractivity contribution in [3.63, 3.8) is 0 Å². The summed E-state index contributed by atoms with van der Waals surface area (Å²) in [5.74, 6) is 0.910. The number of hydrogen-bond acceptors (Lipinski definition) is 4. The van der Waals surface area contributed by atoms with Gasteiger partial charge in [-0.05, 0) is 44.0 Å². The molecule has 1 N–H and O–H groups in total. The molecule has 2 aromatic carbocycles. The molecule has 166 valence electrons. The number of benzene rings is 2. The molecule has 0 aliphatic carbocycles. The smallest absolute Gasteiger partial charge is 0.243 e. The van der Waals surface area contributed by atoms with Gasteiger partial charge in [-0.3, -0.25) is 4.79 Å². The average molecular weight is 443 g/mol. The molecule has 7 heteroatoms. The van der Waals surface area contributed by atoms with Gasteiger partial charge in [0.05, 0.1) is 4.90 Å². The van der Waals surface area contributed by atoms with Crippen LogP contribution in [0.4, 0.5) is 0 Å². The number of hydrogen-bond donors (Lipinski definition) is 1. The molecule has 1 saturated heterocycles. The third-order valence-corrected chi connectivity index (χ3v) is 8.11. The topological polar surface area (TPSA) is 75.7 Å². The lowest BCUT2D eigenvalue weighted by molar-refractivity contribution is -0.122. The summed E-state index contributed by atoms with van der Waals surface area (Å²) in [4.78, 5) is 12.8. The maximum Gasteiger partial charge on any atom is 0.243 e. The Morgan fingerprint density at radius 3 is 2.42 bits per heavy atom. The van der Waals surface area contributed by atoms with Gasteiger partial charge in [-0.25, -0.2) is 8.42 Å². The highest BCUT2D eigenvalue weighted by atomic mass is 32.2. The molecule has 2 heterocycles. The van der Waals surface area contributed by atoms with E-state index in [1.807, 2.05) is 44.2 Å². The monoisotopic (exact) mass is 442 g/mol. The Morgan fingerprint density at radius 1 is 1.10 bits per heavy atom. The number of rotatable bonds is 5. The number of para-hydroxylation sites is 1. The summed E-state index contributed by atoms with van der Waals surface area (Å²) in [6.07, 6.45) is 2.34.